The second kappa shape index (κ2) is 4.83. The van der Waals surface area contributed by atoms with Gasteiger partial charge in [-0.05, 0) is 35.7 Å². The molecule has 0 unspecified atom stereocenters. The van der Waals surface area contributed by atoms with Crippen molar-refractivity contribution in [3.63, 3.8) is 0 Å². The van der Waals surface area contributed by atoms with Crippen molar-refractivity contribution >= 4 is 16.8 Å². The standard InChI is InChI=1S/C17H13NO3/c1-2-13-14-5-3-4-6-15(14)17(21)18(16(13)20)11-7-9-12(19)10-8-11/h2-10,19,21H,1H2. The summed E-state index contributed by atoms with van der Waals surface area (Å²) in [6.07, 6.45) is 1.49. The van der Waals surface area contributed by atoms with Gasteiger partial charge in [-0.3, -0.25) is 4.79 Å². The Morgan fingerprint density at radius 3 is 2.19 bits per heavy atom. The molecule has 0 fully saturated rings. The summed E-state index contributed by atoms with van der Waals surface area (Å²) in [7, 11) is 0. The molecule has 0 saturated carbocycles. The summed E-state index contributed by atoms with van der Waals surface area (Å²) >= 11 is 0. The summed E-state index contributed by atoms with van der Waals surface area (Å²) in [4.78, 5) is 12.6. The van der Waals surface area contributed by atoms with Crippen LogP contribution in [-0.2, 0) is 0 Å². The van der Waals surface area contributed by atoms with E-state index in [4.69, 9.17) is 0 Å². The first-order chi connectivity index (χ1) is 10.1. The van der Waals surface area contributed by atoms with Crippen molar-refractivity contribution in [1.82, 2.24) is 4.57 Å². The Kier molecular flexibility index (Phi) is 2.99. The van der Waals surface area contributed by atoms with Gasteiger partial charge in [0.1, 0.15) is 5.75 Å². The summed E-state index contributed by atoms with van der Waals surface area (Å²) in [6.45, 7) is 3.69. The van der Waals surface area contributed by atoms with Gasteiger partial charge in [0.15, 0.2) is 0 Å². The van der Waals surface area contributed by atoms with Crippen LogP contribution in [0.1, 0.15) is 5.56 Å². The molecule has 3 rings (SSSR count). The molecular formula is C17H13NO3. The van der Waals surface area contributed by atoms with E-state index in [2.05, 4.69) is 6.58 Å². The van der Waals surface area contributed by atoms with Crippen LogP contribution >= 0.6 is 0 Å². The second-order valence-electron chi connectivity index (χ2n) is 4.64. The molecule has 104 valence electrons. The maximum Gasteiger partial charge on any atom is 0.265 e. The van der Waals surface area contributed by atoms with Crippen molar-refractivity contribution in [2.24, 2.45) is 0 Å². The van der Waals surface area contributed by atoms with Gasteiger partial charge in [-0.1, -0.05) is 30.9 Å². The number of pyridine rings is 1. The number of phenols is 1. The predicted octanol–water partition coefficient (Wildman–Crippen LogP) is 3.04. The summed E-state index contributed by atoms with van der Waals surface area (Å²) in [5.74, 6) is -0.0390. The third kappa shape index (κ3) is 1.97. The fourth-order valence-electron chi connectivity index (χ4n) is 2.40. The van der Waals surface area contributed by atoms with Crippen molar-refractivity contribution in [3.05, 3.63) is 71.0 Å². The Balaban J connectivity index is 2.46. The van der Waals surface area contributed by atoms with Crippen molar-refractivity contribution < 1.29 is 10.2 Å². The zero-order valence-corrected chi connectivity index (χ0v) is 11.2. The van der Waals surface area contributed by atoms with Crippen LogP contribution in [0.4, 0.5) is 0 Å². The van der Waals surface area contributed by atoms with E-state index in [9.17, 15) is 15.0 Å². The van der Waals surface area contributed by atoms with Crippen molar-refractivity contribution in [2.75, 3.05) is 0 Å². The van der Waals surface area contributed by atoms with Crippen LogP contribution in [0, 0.1) is 0 Å². The molecular weight excluding hydrogens is 266 g/mol. The van der Waals surface area contributed by atoms with Gasteiger partial charge in [0.25, 0.3) is 5.56 Å². The first kappa shape index (κ1) is 13.0. The predicted molar refractivity (Wildman–Crippen MR) is 83.0 cm³/mol. The number of hydrogen-bond donors (Lipinski definition) is 2. The highest BCUT2D eigenvalue weighted by atomic mass is 16.3. The molecule has 0 aliphatic carbocycles. The molecule has 0 radical (unpaired) electrons. The number of fused-ring (bicyclic) bond motifs is 1. The van der Waals surface area contributed by atoms with E-state index in [1.165, 1.54) is 22.8 Å². The fourth-order valence-corrected chi connectivity index (χ4v) is 2.40. The molecule has 0 saturated heterocycles. The lowest BCUT2D eigenvalue weighted by molar-refractivity contribution is 0.442. The highest BCUT2D eigenvalue weighted by Crippen LogP contribution is 2.28. The number of nitrogens with zero attached hydrogens (tertiary/aromatic N) is 1. The molecule has 2 N–H and O–H groups in total. The average Bonchev–Trinajstić information content (AvgIpc) is 2.50. The summed E-state index contributed by atoms with van der Waals surface area (Å²) < 4.78 is 1.21. The number of rotatable bonds is 2. The number of phenolic OH excluding ortho intramolecular Hbond substituents is 1. The van der Waals surface area contributed by atoms with Gasteiger partial charge in [-0.15, -0.1) is 0 Å². The SMILES string of the molecule is C=Cc1c(=O)n(-c2ccc(O)cc2)c(O)c2ccccc12. The van der Waals surface area contributed by atoms with E-state index in [1.807, 2.05) is 0 Å². The van der Waals surface area contributed by atoms with E-state index < -0.39 is 0 Å². The Hall–Kier alpha value is -3.01. The van der Waals surface area contributed by atoms with Crippen LogP contribution < -0.4 is 5.56 Å². The Morgan fingerprint density at radius 2 is 1.57 bits per heavy atom. The third-order valence-electron chi connectivity index (χ3n) is 3.42. The topological polar surface area (TPSA) is 62.5 Å². The van der Waals surface area contributed by atoms with Gasteiger partial charge in [0.2, 0.25) is 5.88 Å². The van der Waals surface area contributed by atoms with Crippen molar-refractivity contribution in [1.29, 1.82) is 0 Å². The molecule has 0 atom stereocenters. The zero-order chi connectivity index (χ0) is 15.0. The van der Waals surface area contributed by atoms with Crippen LogP contribution in [0.25, 0.3) is 22.5 Å². The minimum atomic E-state index is -0.355. The molecule has 0 amide bonds. The molecule has 0 aliphatic heterocycles. The van der Waals surface area contributed by atoms with Gasteiger partial charge in [0, 0.05) is 10.9 Å². The Labute approximate surface area is 120 Å². The Bertz CT molecular complexity index is 892. The molecule has 0 spiro atoms. The van der Waals surface area contributed by atoms with Gasteiger partial charge in [0.05, 0.1) is 5.69 Å². The Morgan fingerprint density at radius 1 is 0.952 bits per heavy atom. The van der Waals surface area contributed by atoms with Crippen LogP contribution in [0.3, 0.4) is 0 Å². The number of hydrogen-bond acceptors (Lipinski definition) is 3. The lowest BCUT2D eigenvalue weighted by Crippen LogP contribution is -2.21. The first-order valence-electron chi connectivity index (χ1n) is 6.42. The van der Waals surface area contributed by atoms with Crippen molar-refractivity contribution in [3.8, 4) is 17.3 Å². The minimum absolute atomic E-state index is 0.0935. The third-order valence-corrected chi connectivity index (χ3v) is 3.42. The summed E-state index contributed by atoms with van der Waals surface area (Å²) in [6, 6.07) is 13.2. The van der Waals surface area contributed by atoms with E-state index in [0.717, 1.165) is 0 Å². The monoisotopic (exact) mass is 279 g/mol. The first-order valence-corrected chi connectivity index (χ1v) is 6.42. The molecule has 0 aliphatic rings. The van der Waals surface area contributed by atoms with E-state index in [-0.39, 0.29) is 17.2 Å². The number of aromatic nitrogens is 1. The molecule has 4 nitrogen and oxygen atoms in total. The van der Waals surface area contributed by atoms with Gasteiger partial charge >= 0.3 is 0 Å². The van der Waals surface area contributed by atoms with Gasteiger partial charge < -0.3 is 10.2 Å². The van der Waals surface area contributed by atoms with Crippen LogP contribution in [0.5, 0.6) is 11.6 Å². The molecule has 0 bridgehead atoms. The van der Waals surface area contributed by atoms with Gasteiger partial charge in [-0.2, -0.15) is 0 Å². The summed E-state index contributed by atoms with van der Waals surface area (Å²) in [5, 5.41) is 21.0. The second-order valence-corrected chi connectivity index (χ2v) is 4.64. The average molecular weight is 279 g/mol. The number of benzene rings is 2. The van der Waals surface area contributed by atoms with E-state index >= 15 is 0 Å². The quantitative estimate of drug-likeness (QED) is 0.758. The molecule has 4 heteroatoms. The van der Waals surface area contributed by atoms with Crippen molar-refractivity contribution in [2.45, 2.75) is 0 Å². The van der Waals surface area contributed by atoms with Crippen LogP contribution in [0.2, 0.25) is 0 Å². The largest absolute Gasteiger partial charge is 0.508 e. The fraction of sp³-hybridized carbons (Fsp3) is 0. The number of aromatic hydroxyl groups is 2. The van der Waals surface area contributed by atoms with Crippen LogP contribution in [-0.4, -0.2) is 14.8 Å². The summed E-state index contributed by atoms with van der Waals surface area (Å²) in [5.41, 5.74) is 0.549. The maximum atomic E-state index is 12.6. The molecule has 2 aromatic carbocycles. The maximum absolute atomic E-state index is 12.6. The molecule has 1 aromatic heterocycles. The molecule has 1 heterocycles. The lowest BCUT2D eigenvalue weighted by Gasteiger charge is -2.13. The lowest BCUT2D eigenvalue weighted by atomic mass is 10.1. The van der Waals surface area contributed by atoms with Gasteiger partial charge in [-0.25, -0.2) is 4.57 Å². The highest BCUT2D eigenvalue weighted by molar-refractivity contribution is 5.93. The normalized spacial score (nSPS) is 10.7. The van der Waals surface area contributed by atoms with Crippen LogP contribution in [0.15, 0.2) is 59.9 Å². The highest BCUT2D eigenvalue weighted by Gasteiger charge is 2.14. The zero-order valence-electron chi connectivity index (χ0n) is 11.2. The minimum Gasteiger partial charge on any atom is -0.508 e. The van der Waals surface area contributed by atoms with E-state index in [1.54, 1.807) is 36.4 Å². The smallest absolute Gasteiger partial charge is 0.265 e. The molecule has 21 heavy (non-hydrogen) atoms. The van der Waals surface area contributed by atoms with E-state index in [0.29, 0.717) is 22.0 Å². The molecule has 3 aromatic rings.